The minimum absolute atomic E-state index is 0.0524. The first-order chi connectivity index (χ1) is 25.6. The number of likely N-dealkylation sites (N-methyl/N-ethyl adjacent to an activating group) is 1. The minimum Gasteiger partial charge on any atom is -0.495 e. The summed E-state index contributed by atoms with van der Waals surface area (Å²) < 4.78 is 29.1. The molecule has 1 aromatic rings. The van der Waals surface area contributed by atoms with Crippen LogP contribution in [0.2, 0.25) is 5.02 Å². The van der Waals surface area contributed by atoms with E-state index >= 15 is 0 Å². The summed E-state index contributed by atoms with van der Waals surface area (Å²) in [5.41, 5.74) is -0.926. The highest BCUT2D eigenvalue weighted by molar-refractivity contribution is 8.29. The minimum atomic E-state index is -1.83. The molecule has 3 amide bonds. The van der Waals surface area contributed by atoms with Crippen LogP contribution in [-0.4, -0.2) is 115 Å². The first-order valence-electron chi connectivity index (χ1n) is 18.3. The Morgan fingerprint density at radius 2 is 1.95 bits per heavy atom. The molecule has 4 bridgehead atoms. The summed E-state index contributed by atoms with van der Waals surface area (Å²) in [7, 11) is 5.71. The first kappa shape index (κ1) is 44.6. The number of ether oxygens (including phenoxy) is 5. The van der Waals surface area contributed by atoms with E-state index in [1.807, 2.05) is 33.1 Å². The van der Waals surface area contributed by atoms with Gasteiger partial charge in [0.25, 0.3) is 0 Å². The van der Waals surface area contributed by atoms with Gasteiger partial charge in [-0.05, 0) is 57.6 Å². The van der Waals surface area contributed by atoms with E-state index < -0.39 is 65.7 Å². The molecule has 0 saturated carbocycles. The van der Waals surface area contributed by atoms with Crippen LogP contribution in [0.4, 0.5) is 10.5 Å². The number of aliphatic hydroxyl groups is 1. The third-order valence-corrected chi connectivity index (χ3v) is 14.7. The molecule has 16 heteroatoms. The Morgan fingerprint density at radius 1 is 1.27 bits per heavy atom. The number of methoxy groups -OCH3 is 2. The van der Waals surface area contributed by atoms with E-state index in [9.17, 15) is 24.3 Å². The number of nitrogens with zero attached hydrogens (tertiary/aromatic N) is 2. The molecule has 306 valence electrons. The lowest BCUT2D eigenvalue weighted by Crippen LogP contribution is -2.63. The van der Waals surface area contributed by atoms with E-state index in [4.69, 9.17) is 46.5 Å². The highest BCUT2D eigenvalue weighted by atomic mass is 35.5. The number of amides is 3. The number of hydrogen-bond donors (Lipinski definition) is 2. The molecule has 2 fully saturated rings. The smallest absolute Gasteiger partial charge is 0.409 e. The lowest BCUT2D eigenvalue weighted by molar-refractivity contribution is -0.162. The number of esters is 1. The number of anilines is 1. The van der Waals surface area contributed by atoms with Crippen molar-refractivity contribution in [1.29, 1.82) is 0 Å². The zero-order chi connectivity index (χ0) is 41.2. The number of carbonyl (C=O) groups is 4. The summed E-state index contributed by atoms with van der Waals surface area (Å²) >= 11 is 12.2. The molecule has 4 rings (SSSR count). The van der Waals surface area contributed by atoms with E-state index in [-0.39, 0.29) is 44.4 Å². The van der Waals surface area contributed by atoms with Gasteiger partial charge in [0, 0.05) is 44.7 Å². The fourth-order valence-electron chi connectivity index (χ4n) is 6.95. The summed E-state index contributed by atoms with van der Waals surface area (Å²) in [6, 6.07) is 2.60. The van der Waals surface area contributed by atoms with Gasteiger partial charge in [0.2, 0.25) is 11.8 Å². The van der Waals surface area contributed by atoms with Gasteiger partial charge in [-0.15, -0.1) is 9.45 Å². The molecule has 55 heavy (non-hydrogen) atoms. The van der Waals surface area contributed by atoms with E-state index in [0.717, 1.165) is 11.1 Å². The second-order valence-electron chi connectivity index (χ2n) is 15.6. The summed E-state index contributed by atoms with van der Waals surface area (Å²) in [4.78, 5) is 56.9. The third kappa shape index (κ3) is 10.1. The third-order valence-electron chi connectivity index (χ3n) is 11.2. The predicted molar refractivity (Wildman–Crippen MR) is 215 cm³/mol. The Labute approximate surface area is 336 Å². The largest absolute Gasteiger partial charge is 0.495 e. The lowest BCUT2D eigenvalue weighted by atomic mass is 9.83. The van der Waals surface area contributed by atoms with Gasteiger partial charge in [-0.1, -0.05) is 67.4 Å². The number of hydrogen-bond acceptors (Lipinski definition) is 11. The molecule has 0 aliphatic carbocycles. The topological polar surface area (TPSA) is 156 Å². The second-order valence-corrected chi connectivity index (χ2v) is 19.5. The molecular weight excluding hydrogens is 770 g/mol. The monoisotopic (exact) mass is 825 g/mol. The number of benzene rings is 1. The van der Waals surface area contributed by atoms with Crippen LogP contribution in [0.1, 0.15) is 72.8 Å². The number of rotatable bonds is 9. The van der Waals surface area contributed by atoms with Crippen LogP contribution in [0.3, 0.4) is 0 Å². The van der Waals surface area contributed by atoms with Crippen molar-refractivity contribution < 1.29 is 48.0 Å². The second kappa shape index (κ2) is 17.6. The molecule has 8 unspecified atom stereocenters. The average molecular weight is 826 g/mol. The van der Waals surface area contributed by atoms with Crippen LogP contribution < -0.4 is 15.0 Å². The molecule has 1 aromatic carbocycles. The van der Waals surface area contributed by atoms with Gasteiger partial charge in [-0.2, -0.15) is 0 Å². The summed E-state index contributed by atoms with van der Waals surface area (Å²) in [5.74, 6) is -1.56. The summed E-state index contributed by atoms with van der Waals surface area (Å²) in [6.45, 7) is 11.1. The molecule has 0 aromatic heterocycles. The average Bonchev–Trinajstić information content (AvgIpc) is 3.82. The molecule has 2 N–H and O–H groups in total. The molecule has 3 aliphatic heterocycles. The maximum atomic E-state index is 14.2. The number of halogens is 1. The number of alkyl carbamates (subject to hydrolysis) is 1. The van der Waals surface area contributed by atoms with E-state index in [2.05, 4.69) is 5.32 Å². The van der Waals surface area contributed by atoms with Crippen LogP contribution in [-0.2, 0) is 60.4 Å². The van der Waals surface area contributed by atoms with Crippen molar-refractivity contribution >= 4 is 61.8 Å². The number of fused-ring (bicyclic) bond motifs is 5. The molecular formula is C39H56ClN3O10S2. The Hall–Kier alpha value is -3.08. The fraction of sp³-hybridized carbons (Fsp3) is 0.641. The SMILES string of the molecule is COc1cc2cc(c1Cl)N(C)C(=O)CC(OC(=O)[C@H](C)N(C)C(=O)CCC(C)(C)S(C)=S)C1(C)OC1C(C)C1CC(O)(NC(=O)O1)C(OC)/C=C/C=C(\C)C2. The van der Waals surface area contributed by atoms with Crippen molar-refractivity contribution in [3.05, 3.63) is 46.5 Å². The normalized spacial score (nSPS) is 31.4. The van der Waals surface area contributed by atoms with E-state index in [1.54, 1.807) is 59.2 Å². The maximum absolute atomic E-state index is 14.2. The Morgan fingerprint density at radius 3 is 2.56 bits per heavy atom. The highest BCUT2D eigenvalue weighted by Crippen LogP contribution is 2.49. The number of epoxide rings is 1. The zero-order valence-electron chi connectivity index (χ0n) is 33.6. The highest BCUT2D eigenvalue weighted by Gasteiger charge is 2.64. The van der Waals surface area contributed by atoms with Crippen molar-refractivity contribution in [2.75, 3.05) is 39.5 Å². The molecule has 0 radical (unpaired) electrons. The van der Waals surface area contributed by atoms with Gasteiger partial charge in [-0.25, -0.2) is 9.59 Å². The van der Waals surface area contributed by atoms with Crippen molar-refractivity contribution in [1.82, 2.24) is 10.2 Å². The van der Waals surface area contributed by atoms with E-state index in [0.29, 0.717) is 24.3 Å². The summed E-state index contributed by atoms with van der Waals surface area (Å²) in [5, 5.41) is 14.5. The first-order valence-corrected chi connectivity index (χ1v) is 21.2. The molecule has 13 nitrogen and oxygen atoms in total. The number of allylic oxidation sites excluding steroid dienone is 3. The van der Waals surface area contributed by atoms with Gasteiger partial charge in [-0.3, -0.25) is 14.9 Å². The number of carbonyl (C=O) groups excluding carboxylic acids is 4. The van der Waals surface area contributed by atoms with Gasteiger partial charge in [0.1, 0.15) is 40.7 Å². The molecule has 9 atom stereocenters. The predicted octanol–water partition coefficient (Wildman–Crippen LogP) is 4.78. The Bertz CT molecular complexity index is 1740. The lowest BCUT2D eigenvalue weighted by Gasteiger charge is -2.42. The van der Waals surface area contributed by atoms with Gasteiger partial charge in [0.05, 0.1) is 25.3 Å². The zero-order valence-corrected chi connectivity index (χ0v) is 36.0. The quantitative estimate of drug-likeness (QED) is 0.261. The fourth-order valence-corrected chi connectivity index (χ4v) is 7.90. The van der Waals surface area contributed by atoms with E-state index in [1.165, 1.54) is 24.0 Å². The molecule has 3 heterocycles. The van der Waals surface area contributed by atoms with Crippen LogP contribution in [0.15, 0.2) is 35.9 Å². The molecule has 3 aliphatic rings. The van der Waals surface area contributed by atoms with Gasteiger partial charge < -0.3 is 38.6 Å². The standard InChI is InChI=1S/C39H56ClN3O10S2/c1-22-13-12-14-29(50-10)39(48)21-28(51-36(47)41-39)23(2)34-38(6,53-34)30(20-32(45)43(8)26-18-25(17-22)19-27(49-9)33(26)40)52-35(46)24(3)42(7)31(44)15-16-37(4,5)55(11)54/h12-14,18-19,23-24,28-30,34,48H,15-17,20-21H2,1-11H3,(H,41,47)/b14-12+,22-13+/t23?,24-,28?,29?,30?,34?,38?,39?,55?/m0/s1. The van der Waals surface area contributed by atoms with Crippen molar-refractivity contribution in [3.63, 3.8) is 0 Å². The molecule has 2 saturated heterocycles. The number of nitrogens with one attached hydrogen (secondary N) is 1. The van der Waals surface area contributed by atoms with Crippen molar-refractivity contribution in [2.45, 2.75) is 120 Å². The van der Waals surface area contributed by atoms with Gasteiger partial charge >= 0.3 is 12.1 Å². The van der Waals surface area contributed by atoms with Gasteiger partial charge in [0.15, 0.2) is 5.72 Å². The van der Waals surface area contributed by atoms with Crippen molar-refractivity contribution in [3.8, 4) is 5.75 Å². The Balaban J connectivity index is 1.72. The van der Waals surface area contributed by atoms with Crippen LogP contribution in [0, 0.1) is 5.92 Å². The molecule has 0 spiro atoms. The Kier molecular flexibility index (Phi) is 14.3. The maximum Gasteiger partial charge on any atom is 0.409 e. The van der Waals surface area contributed by atoms with Crippen LogP contribution >= 0.6 is 11.6 Å². The van der Waals surface area contributed by atoms with Crippen LogP contribution in [0.25, 0.3) is 0 Å². The van der Waals surface area contributed by atoms with Crippen molar-refractivity contribution in [2.24, 2.45) is 5.92 Å². The summed E-state index contributed by atoms with van der Waals surface area (Å²) in [6.07, 6.45) is 3.63. The van der Waals surface area contributed by atoms with Crippen LogP contribution in [0.5, 0.6) is 5.75 Å².